The van der Waals surface area contributed by atoms with Gasteiger partial charge in [-0.3, -0.25) is 4.72 Å². The molecule has 6 heteroatoms. The highest BCUT2D eigenvalue weighted by Gasteiger charge is 2.13. The van der Waals surface area contributed by atoms with Crippen LogP contribution in [-0.4, -0.2) is 14.5 Å². The fourth-order valence-corrected chi connectivity index (χ4v) is 2.62. The highest BCUT2D eigenvalue weighted by Crippen LogP contribution is 2.22. The van der Waals surface area contributed by atoms with Gasteiger partial charge in [0.05, 0.1) is 5.69 Å². The molecule has 0 bridgehead atoms. The van der Waals surface area contributed by atoms with E-state index in [4.69, 9.17) is 5.73 Å². The maximum Gasteiger partial charge on any atom is 0.299 e. The molecular weight excluding hydrogens is 238 g/mol. The smallest absolute Gasteiger partial charge is 0.299 e. The minimum atomic E-state index is -3.53. The molecule has 0 atom stereocenters. The minimum absolute atomic E-state index is 0.150. The molecule has 0 heterocycles. The Morgan fingerprint density at radius 1 is 1.18 bits per heavy atom. The van der Waals surface area contributed by atoms with Gasteiger partial charge in [0.1, 0.15) is 0 Å². The summed E-state index contributed by atoms with van der Waals surface area (Å²) in [5, 5.41) is 0. The number of nitrogens with two attached hydrogens (primary N) is 1. The molecule has 0 aliphatic carbocycles. The van der Waals surface area contributed by atoms with Crippen molar-refractivity contribution in [1.82, 2.24) is 4.72 Å². The second-order valence-corrected chi connectivity index (χ2v) is 5.85. The summed E-state index contributed by atoms with van der Waals surface area (Å²) in [5.74, 6) is 0. The third-order valence-corrected chi connectivity index (χ3v) is 3.52. The van der Waals surface area contributed by atoms with Gasteiger partial charge in [-0.15, -0.1) is 0 Å². The fraction of sp³-hybridized carbons (Fsp3) is 0.455. The monoisotopic (exact) mass is 257 g/mol. The maximum absolute atomic E-state index is 11.7. The average Bonchev–Trinajstić information content (AvgIpc) is 2.11. The Kier molecular flexibility index (Phi) is 4.00. The molecule has 0 aliphatic heterocycles. The number of anilines is 2. The second kappa shape index (κ2) is 4.93. The van der Waals surface area contributed by atoms with Crippen molar-refractivity contribution in [1.29, 1.82) is 0 Å². The normalized spacial score (nSPS) is 11.8. The molecule has 1 aromatic rings. The molecule has 0 aromatic heterocycles. The summed E-state index contributed by atoms with van der Waals surface area (Å²) in [5.41, 5.74) is 8.58. The van der Waals surface area contributed by atoms with Crippen molar-refractivity contribution < 1.29 is 8.42 Å². The fourth-order valence-electron chi connectivity index (χ4n) is 1.43. The Bertz CT molecular complexity index is 510. The molecule has 96 valence electrons. The van der Waals surface area contributed by atoms with Gasteiger partial charge in [-0.05, 0) is 51.0 Å². The molecule has 0 radical (unpaired) electrons. The van der Waals surface area contributed by atoms with Crippen LogP contribution in [0.3, 0.4) is 0 Å². The van der Waals surface area contributed by atoms with Crippen molar-refractivity contribution in [3.8, 4) is 0 Å². The largest absolute Gasteiger partial charge is 0.399 e. The Morgan fingerprint density at radius 2 is 1.76 bits per heavy atom. The maximum atomic E-state index is 11.7. The van der Waals surface area contributed by atoms with E-state index in [2.05, 4.69) is 9.44 Å². The first kappa shape index (κ1) is 13.8. The molecule has 4 N–H and O–H groups in total. The van der Waals surface area contributed by atoms with Crippen LogP contribution >= 0.6 is 0 Å². The first-order valence-electron chi connectivity index (χ1n) is 5.38. The zero-order valence-electron chi connectivity index (χ0n) is 10.5. The molecular formula is C11H19N3O2S. The lowest BCUT2D eigenvalue weighted by Crippen LogP contribution is -2.35. The predicted molar refractivity (Wildman–Crippen MR) is 71.1 cm³/mol. The number of hydrogen-bond acceptors (Lipinski definition) is 3. The Labute approximate surface area is 103 Å². The van der Waals surface area contributed by atoms with E-state index in [1.165, 1.54) is 0 Å². The van der Waals surface area contributed by atoms with E-state index in [1.54, 1.807) is 26.0 Å². The number of nitrogens with one attached hydrogen (secondary N) is 2. The van der Waals surface area contributed by atoms with E-state index >= 15 is 0 Å². The summed E-state index contributed by atoms with van der Waals surface area (Å²) in [6.45, 7) is 7.17. The topological polar surface area (TPSA) is 84.2 Å². The van der Waals surface area contributed by atoms with Crippen LogP contribution in [0.1, 0.15) is 25.0 Å². The van der Waals surface area contributed by atoms with Gasteiger partial charge in [0.15, 0.2) is 0 Å². The van der Waals surface area contributed by atoms with Gasteiger partial charge in [-0.1, -0.05) is 0 Å². The van der Waals surface area contributed by atoms with Crippen LogP contribution in [0.25, 0.3) is 0 Å². The molecule has 0 fully saturated rings. The van der Waals surface area contributed by atoms with Crippen molar-refractivity contribution in [2.45, 2.75) is 33.7 Å². The van der Waals surface area contributed by atoms with Crippen LogP contribution < -0.4 is 15.2 Å². The number of nitrogen functional groups attached to an aromatic ring is 1. The number of benzene rings is 1. The van der Waals surface area contributed by atoms with Gasteiger partial charge in [0, 0.05) is 11.7 Å². The van der Waals surface area contributed by atoms with Crippen LogP contribution in [0.4, 0.5) is 11.4 Å². The molecule has 5 nitrogen and oxygen atoms in total. The first-order valence-corrected chi connectivity index (χ1v) is 6.86. The van der Waals surface area contributed by atoms with Crippen molar-refractivity contribution in [2.75, 3.05) is 10.5 Å². The van der Waals surface area contributed by atoms with E-state index in [1.807, 2.05) is 13.8 Å². The van der Waals surface area contributed by atoms with Crippen molar-refractivity contribution >= 4 is 21.6 Å². The number of aryl methyl sites for hydroxylation is 2. The van der Waals surface area contributed by atoms with Crippen LogP contribution in [0.15, 0.2) is 12.1 Å². The third-order valence-electron chi connectivity index (χ3n) is 2.25. The molecule has 1 rings (SSSR count). The average molecular weight is 257 g/mol. The summed E-state index contributed by atoms with van der Waals surface area (Å²) in [7, 11) is -3.53. The van der Waals surface area contributed by atoms with E-state index < -0.39 is 10.2 Å². The van der Waals surface area contributed by atoms with Gasteiger partial charge in [-0.25, -0.2) is 0 Å². The van der Waals surface area contributed by atoms with Crippen LogP contribution in [0.2, 0.25) is 0 Å². The summed E-state index contributed by atoms with van der Waals surface area (Å²) in [6.07, 6.45) is 0. The standard InChI is InChI=1S/C11H19N3O2S/c1-7(2)13-17(15,16)14-11-6-8(3)10(12)5-9(11)4/h5-7,13-14H,12H2,1-4H3. The van der Waals surface area contributed by atoms with E-state index in [0.29, 0.717) is 11.4 Å². The van der Waals surface area contributed by atoms with Crippen LogP contribution in [-0.2, 0) is 10.2 Å². The molecule has 0 spiro atoms. The van der Waals surface area contributed by atoms with Gasteiger partial charge in [-0.2, -0.15) is 13.1 Å². The quantitative estimate of drug-likeness (QED) is 0.715. The zero-order chi connectivity index (χ0) is 13.2. The van der Waals surface area contributed by atoms with Gasteiger partial charge in [0.2, 0.25) is 0 Å². The van der Waals surface area contributed by atoms with Gasteiger partial charge < -0.3 is 5.73 Å². The highest BCUT2D eigenvalue weighted by atomic mass is 32.2. The van der Waals surface area contributed by atoms with Crippen LogP contribution in [0, 0.1) is 13.8 Å². The first-order chi connectivity index (χ1) is 7.71. The van der Waals surface area contributed by atoms with Crippen molar-refractivity contribution in [2.24, 2.45) is 0 Å². The molecule has 1 aromatic carbocycles. The summed E-state index contributed by atoms with van der Waals surface area (Å²) < 4.78 is 28.4. The predicted octanol–water partition coefficient (Wildman–Crippen LogP) is 1.54. The Balaban J connectivity index is 3.00. The molecule has 0 unspecified atom stereocenters. The van der Waals surface area contributed by atoms with E-state index in [-0.39, 0.29) is 6.04 Å². The molecule has 0 saturated heterocycles. The lowest BCUT2D eigenvalue weighted by atomic mass is 10.1. The van der Waals surface area contributed by atoms with E-state index in [0.717, 1.165) is 11.1 Å². The second-order valence-electron chi connectivity index (χ2n) is 4.40. The number of hydrogen-bond donors (Lipinski definition) is 3. The summed E-state index contributed by atoms with van der Waals surface area (Å²) >= 11 is 0. The molecule has 0 amide bonds. The Hall–Kier alpha value is -1.27. The van der Waals surface area contributed by atoms with Crippen molar-refractivity contribution in [3.63, 3.8) is 0 Å². The van der Waals surface area contributed by atoms with Gasteiger partial charge in [0.25, 0.3) is 10.2 Å². The van der Waals surface area contributed by atoms with Gasteiger partial charge >= 0.3 is 0 Å². The minimum Gasteiger partial charge on any atom is -0.399 e. The van der Waals surface area contributed by atoms with Crippen molar-refractivity contribution in [3.05, 3.63) is 23.3 Å². The zero-order valence-corrected chi connectivity index (χ0v) is 11.4. The lowest BCUT2D eigenvalue weighted by molar-refractivity contribution is 0.575. The molecule has 0 aliphatic rings. The molecule has 17 heavy (non-hydrogen) atoms. The number of rotatable bonds is 4. The summed E-state index contributed by atoms with van der Waals surface area (Å²) in [4.78, 5) is 0. The van der Waals surface area contributed by atoms with E-state index in [9.17, 15) is 8.42 Å². The van der Waals surface area contributed by atoms with Crippen LogP contribution in [0.5, 0.6) is 0 Å². The molecule has 0 saturated carbocycles. The third kappa shape index (κ3) is 3.90. The highest BCUT2D eigenvalue weighted by molar-refractivity contribution is 7.90. The lowest BCUT2D eigenvalue weighted by Gasteiger charge is -2.14. The Morgan fingerprint density at radius 3 is 2.29 bits per heavy atom. The summed E-state index contributed by atoms with van der Waals surface area (Å²) in [6, 6.07) is 3.33. The SMILES string of the molecule is Cc1cc(NS(=O)(=O)NC(C)C)c(C)cc1N.